The maximum absolute atomic E-state index is 5.68. The molecule has 31 heavy (non-hydrogen) atoms. The largest absolute Gasteiger partial charge is 0.464 e. The smallest absolute Gasteiger partial charge is 0.318 e. The number of anilines is 1. The van der Waals surface area contributed by atoms with Crippen LogP contribution in [-0.4, -0.2) is 43.4 Å². The molecule has 1 aromatic heterocycles. The van der Waals surface area contributed by atoms with Crippen LogP contribution in [0, 0.1) is 12.8 Å². The second-order valence-corrected chi connectivity index (χ2v) is 7.80. The van der Waals surface area contributed by atoms with Crippen LogP contribution in [0.2, 0.25) is 0 Å². The van der Waals surface area contributed by atoms with E-state index in [1.807, 2.05) is 33.0 Å². The van der Waals surface area contributed by atoms with Gasteiger partial charge < -0.3 is 14.4 Å². The SMILES string of the molecule is C/C=C(\C=C/C(C)C)c1ccc(C)nc(OCC)nc(N(C)CCCOCCC)cc1. The summed E-state index contributed by atoms with van der Waals surface area (Å²) in [6.07, 6.45) is 8.49. The first-order chi connectivity index (χ1) is 14.9. The molecule has 0 spiro atoms. The fourth-order valence-electron chi connectivity index (χ4n) is 2.80. The van der Waals surface area contributed by atoms with Crippen LogP contribution in [-0.2, 0) is 4.74 Å². The molecule has 0 radical (unpaired) electrons. The van der Waals surface area contributed by atoms with E-state index < -0.39 is 0 Å². The fourth-order valence-corrected chi connectivity index (χ4v) is 2.80. The van der Waals surface area contributed by atoms with Gasteiger partial charge in [0.15, 0.2) is 0 Å². The number of hydrogen-bond acceptors (Lipinski definition) is 5. The molecule has 0 bridgehead atoms. The molecule has 1 heterocycles. The van der Waals surface area contributed by atoms with Crippen LogP contribution in [0.25, 0.3) is 5.57 Å². The second kappa shape index (κ2) is 15.4. The summed E-state index contributed by atoms with van der Waals surface area (Å²) < 4.78 is 11.3. The summed E-state index contributed by atoms with van der Waals surface area (Å²) >= 11 is 0. The number of aromatic nitrogens is 2. The van der Waals surface area contributed by atoms with Crippen LogP contribution in [0.15, 0.2) is 42.5 Å². The average molecular weight is 428 g/mol. The highest BCUT2D eigenvalue weighted by molar-refractivity contribution is 5.73. The molecule has 0 saturated carbocycles. The van der Waals surface area contributed by atoms with Crippen molar-refractivity contribution in [3.63, 3.8) is 0 Å². The summed E-state index contributed by atoms with van der Waals surface area (Å²) in [5.41, 5.74) is 3.12. The molecule has 0 fully saturated rings. The average Bonchev–Trinajstić information content (AvgIpc) is 2.73. The molecule has 5 heteroatoms. The Morgan fingerprint density at radius 1 is 1.10 bits per heavy atom. The first-order valence-corrected chi connectivity index (χ1v) is 11.4. The van der Waals surface area contributed by atoms with Gasteiger partial charge >= 0.3 is 6.01 Å². The third-order valence-electron chi connectivity index (χ3n) is 4.50. The maximum Gasteiger partial charge on any atom is 0.318 e. The van der Waals surface area contributed by atoms with Crippen molar-refractivity contribution in [1.29, 1.82) is 0 Å². The molecule has 0 atom stereocenters. The van der Waals surface area contributed by atoms with E-state index in [0.29, 0.717) is 18.5 Å². The molecule has 0 amide bonds. The zero-order valence-electron chi connectivity index (χ0n) is 20.5. The molecule has 1 rings (SSSR count). The third kappa shape index (κ3) is 11.0. The summed E-state index contributed by atoms with van der Waals surface area (Å²) in [6, 6.07) is 8.63. The van der Waals surface area contributed by atoms with Crippen molar-refractivity contribution in [3.05, 3.63) is 53.8 Å². The highest BCUT2D eigenvalue weighted by Crippen LogP contribution is 2.18. The lowest BCUT2D eigenvalue weighted by Crippen LogP contribution is -2.21. The van der Waals surface area contributed by atoms with E-state index in [-0.39, 0.29) is 0 Å². The standard InChI is InChI=1S/C26H41N3O2/c1-8-19-30-20-11-18-29(7)25-17-16-24(23(9-2)14-12-21(4)5)15-13-22(6)27-26(28-25)31-10-3/h9,12-17,21H,8,10-11,18-20H2,1-7H3/b14-12-,15-13?,17-16?,22-13?,23-9+,24-15?,24-16?,25-17?,27-22?,27-26?,28-25?,28-26?. The molecular weight excluding hydrogens is 386 g/mol. The number of aryl methyl sites for hydroxylation is 1. The summed E-state index contributed by atoms with van der Waals surface area (Å²) in [6.45, 7) is 15.4. The van der Waals surface area contributed by atoms with Crippen molar-refractivity contribution in [2.75, 3.05) is 38.3 Å². The Balaban J connectivity index is 3.37. The quantitative estimate of drug-likeness (QED) is 0.295. The van der Waals surface area contributed by atoms with Gasteiger partial charge in [-0.2, -0.15) is 4.98 Å². The predicted molar refractivity (Wildman–Crippen MR) is 132 cm³/mol. The van der Waals surface area contributed by atoms with Gasteiger partial charge in [0, 0.05) is 32.5 Å². The van der Waals surface area contributed by atoms with E-state index in [0.717, 1.165) is 49.7 Å². The number of allylic oxidation sites excluding steroid dienone is 4. The van der Waals surface area contributed by atoms with Crippen molar-refractivity contribution in [3.8, 4) is 6.01 Å². The summed E-state index contributed by atoms with van der Waals surface area (Å²) in [7, 11) is 2.04. The highest BCUT2D eigenvalue weighted by Gasteiger charge is 2.05. The number of rotatable bonds is 12. The Morgan fingerprint density at radius 3 is 2.48 bits per heavy atom. The molecule has 0 aromatic carbocycles. The van der Waals surface area contributed by atoms with Gasteiger partial charge in [-0.25, -0.2) is 4.98 Å². The van der Waals surface area contributed by atoms with Crippen LogP contribution in [0.5, 0.6) is 6.01 Å². The monoisotopic (exact) mass is 427 g/mol. The normalized spacial score (nSPS) is 11.7. The van der Waals surface area contributed by atoms with Crippen LogP contribution in [0.4, 0.5) is 5.82 Å². The molecule has 0 saturated heterocycles. The third-order valence-corrected chi connectivity index (χ3v) is 4.50. The maximum atomic E-state index is 5.68. The second-order valence-electron chi connectivity index (χ2n) is 7.80. The Morgan fingerprint density at radius 2 is 1.84 bits per heavy atom. The zero-order valence-corrected chi connectivity index (χ0v) is 20.5. The lowest BCUT2D eigenvalue weighted by Gasteiger charge is -2.17. The van der Waals surface area contributed by atoms with Crippen molar-refractivity contribution < 1.29 is 9.47 Å². The van der Waals surface area contributed by atoms with Crippen LogP contribution in [0.1, 0.15) is 58.7 Å². The minimum atomic E-state index is 0.382. The summed E-state index contributed by atoms with van der Waals surface area (Å²) in [5, 5.41) is 0. The van der Waals surface area contributed by atoms with Crippen molar-refractivity contribution in [2.24, 2.45) is 5.92 Å². The Bertz CT molecular complexity index is 771. The molecule has 1 aromatic rings. The van der Waals surface area contributed by atoms with Gasteiger partial charge in [0.1, 0.15) is 5.82 Å². The van der Waals surface area contributed by atoms with E-state index in [1.54, 1.807) is 0 Å². The lowest BCUT2D eigenvalue weighted by molar-refractivity contribution is 0.133. The van der Waals surface area contributed by atoms with Gasteiger partial charge in [0.05, 0.1) is 6.61 Å². The Labute approximate surface area is 189 Å². The van der Waals surface area contributed by atoms with Crippen LogP contribution in [0.3, 0.4) is 0 Å². The molecule has 0 unspecified atom stereocenters. The minimum absolute atomic E-state index is 0.382. The minimum Gasteiger partial charge on any atom is -0.464 e. The predicted octanol–water partition coefficient (Wildman–Crippen LogP) is 6.18. The zero-order chi connectivity index (χ0) is 23.1. The van der Waals surface area contributed by atoms with Crippen molar-refractivity contribution in [1.82, 2.24) is 9.97 Å². The molecule has 5 nitrogen and oxygen atoms in total. The molecule has 0 aliphatic carbocycles. The van der Waals surface area contributed by atoms with E-state index in [9.17, 15) is 0 Å². The highest BCUT2D eigenvalue weighted by atomic mass is 16.5. The van der Waals surface area contributed by atoms with Gasteiger partial charge in [0.25, 0.3) is 0 Å². The first kappa shape index (κ1) is 26.6. The Kier molecular flexibility index (Phi) is 13.2. The van der Waals surface area contributed by atoms with E-state index in [1.165, 1.54) is 5.57 Å². The summed E-state index contributed by atoms with van der Waals surface area (Å²) in [4.78, 5) is 11.4. The molecule has 0 N–H and O–H groups in total. The fraction of sp³-hybridized carbons (Fsp3) is 0.538. The Hall–Kier alpha value is -2.40. The molecule has 0 aliphatic rings. The van der Waals surface area contributed by atoms with Crippen LogP contribution < -0.4 is 9.64 Å². The lowest BCUT2D eigenvalue weighted by atomic mass is 10.0. The van der Waals surface area contributed by atoms with Crippen molar-refractivity contribution >= 4 is 11.4 Å². The molecule has 0 aliphatic heterocycles. The summed E-state index contributed by atoms with van der Waals surface area (Å²) in [5.74, 6) is 1.31. The van der Waals surface area contributed by atoms with Gasteiger partial charge in [0.2, 0.25) is 0 Å². The van der Waals surface area contributed by atoms with Gasteiger partial charge in [-0.15, -0.1) is 0 Å². The first-order valence-electron chi connectivity index (χ1n) is 11.4. The van der Waals surface area contributed by atoms with E-state index in [4.69, 9.17) is 14.5 Å². The van der Waals surface area contributed by atoms with Crippen LogP contribution >= 0.6 is 0 Å². The number of hydrogen-bond donors (Lipinski definition) is 0. The number of nitrogens with zero attached hydrogens (tertiary/aromatic N) is 3. The van der Waals surface area contributed by atoms with E-state index in [2.05, 4.69) is 67.9 Å². The van der Waals surface area contributed by atoms with Gasteiger partial charge in [-0.3, -0.25) is 0 Å². The van der Waals surface area contributed by atoms with Gasteiger partial charge in [-0.05, 0) is 62.8 Å². The van der Waals surface area contributed by atoms with Crippen molar-refractivity contribution in [2.45, 2.75) is 54.4 Å². The van der Waals surface area contributed by atoms with E-state index >= 15 is 0 Å². The number of ether oxygens (including phenoxy) is 2. The van der Waals surface area contributed by atoms with Gasteiger partial charge in [-0.1, -0.05) is 51.1 Å². The topological polar surface area (TPSA) is 47.5 Å². The molecule has 172 valence electrons. The molecular formula is C26H41N3O2.